The number of alkyl halides is 6. The summed E-state index contributed by atoms with van der Waals surface area (Å²) in [4.78, 5) is 16.2. The number of thiol groups is 1. The normalized spacial score (nSPS) is 19.8. The third kappa shape index (κ3) is 6.10. The fourth-order valence-corrected chi connectivity index (χ4v) is 4.88. The Bertz CT molecular complexity index is 1070. The summed E-state index contributed by atoms with van der Waals surface area (Å²) in [6.07, 6.45) is -8.79. The van der Waals surface area contributed by atoms with Gasteiger partial charge in [-0.25, -0.2) is 9.18 Å². The lowest BCUT2D eigenvalue weighted by molar-refractivity contribution is -0.143. The Morgan fingerprint density at radius 2 is 1.67 bits per heavy atom. The summed E-state index contributed by atoms with van der Waals surface area (Å²) in [5.41, 5.74) is -1.78. The van der Waals surface area contributed by atoms with Gasteiger partial charge in [0.05, 0.1) is 23.2 Å². The highest BCUT2D eigenvalue weighted by Crippen LogP contribution is 2.40. The molecule has 0 bridgehead atoms. The van der Waals surface area contributed by atoms with E-state index in [9.17, 15) is 35.5 Å². The molecule has 2 aromatic rings. The fraction of sp³-hybridized carbons (Fsp3) is 0.480. The smallest absolute Gasteiger partial charge is 0.321 e. The Hall–Kier alpha value is -2.43. The van der Waals surface area contributed by atoms with Crippen LogP contribution < -0.4 is 0 Å². The van der Waals surface area contributed by atoms with Crippen LogP contribution in [0.4, 0.5) is 35.5 Å². The second-order valence-corrected chi connectivity index (χ2v) is 9.56. The Balaban J connectivity index is 1.96. The molecule has 1 fully saturated rings. The van der Waals surface area contributed by atoms with Gasteiger partial charge in [0, 0.05) is 13.6 Å². The molecule has 3 rings (SSSR count). The highest BCUT2D eigenvalue weighted by molar-refractivity contribution is 7.80. The number of rotatable bonds is 4. The van der Waals surface area contributed by atoms with E-state index in [1.807, 2.05) is 0 Å². The third-order valence-corrected chi connectivity index (χ3v) is 7.30. The van der Waals surface area contributed by atoms with Crippen molar-refractivity contribution in [3.05, 3.63) is 70.0 Å². The van der Waals surface area contributed by atoms with Crippen molar-refractivity contribution in [3.63, 3.8) is 0 Å². The maximum absolute atomic E-state index is 13.7. The zero-order valence-electron chi connectivity index (χ0n) is 19.9. The summed E-state index contributed by atoms with van der Waals surface area (Å²) in [6.45, 7) is 3.42. The Morgan fingerprint density at radius 3 is 2.17 bits per heavy atom. The van der Waals surface area contributed by atoms with Crippen LogP contribution >= 0.6 is 12.6 Å². The van der Waals surface area contributed by atoms with E-state index in [1.54, 1.807) is 17.9 Å². The number of amides is 2. The quantitative estimate of drug-likeness (QED) is 0.315. The van der Waals surface area contributed by atoms with Gasteiger partial charge in [-0.1, -0.05) is 6.07 Å². The van der Waals surface area contributed by atoms with Crippen LogP contribution in [0.25, 0.3) is 0 Å². The van der Waals surface area contributed by atoms with E-state index in [0.29, 0.717) is 42.8 Å². The standard InChI is InChI=1S/C25H27F7N2OS/c1-14-8-20(26)4-5-21(14)22-9-16(13-36)6-7-34(22)23(35)33(3)15(2)17-10-18(24(27,28)29)12-19(11-17)25(30,31)32/h4-5,8,10-12,15-16,22,36H,6-7,9,13H2,1-3H3/t15-,16+,22-/m1/s1. The SMILES string of the molecule is Cc1cc(F)ccc1[C@H]1C[C@@H](CS)CCN1C(=O)N(C)[C@H](C)c1cc(C(F)(F)F)cc(C(F)(F)F)c1. The third-order valence-electron chi connectivity index (χ3n) is 6.78. The first-order valence-corrected chi connectivity index (χ1v) is 12.0. The largest absolute Gasteiger partial charge is 0.416 e. The minimum absolute atomic E-state index is 0.0631. The number of halogens is 7. The molecule has 0 radical (unpaired) electrons. The average molecular weight is 537 g/mol. The number of hydrogen-bond acceptors (Lipinski definition) is 2. The number of urea groups is 1. The number of hydrogen-bond donors (Lipinski definition) is 1. The molecular formula is C25H27F7N2OS. The van der Waals surface area contributed by atoms with Gasteiger partial charge in [0.2, 0.25) is 0 Å². The van der Waals surface area contributed by atoms with Crippen LogP contribution in [0.1, 0.15) is 59.7 Å². The molecule has 0 aliphatic carbocycles. The molecule has 36 heavy (non-hydrogen) atoms. The maximum Gasteiger partial charge on any atom is 0.416 e. The number of benzene rings is 2. The predicted octanol–water partition coefficient (Wildman–Crippen LogP) is 7.67. The number of carbonyl (C=O) groups excluding carboxylic acids is 1. The van der Waals surface area contributed by atoms with E-state index in [0.717, 1.165) is 10.5 Å². The van der Waals surface area contributed by atoms with Crippen molar-refractivity contribution in [1.82, 2.24) is 9.80 Å². The fourth-order valence-electron chi connectivity index (χ4n) is 4.55. The molecule has 1 aliphatic rings. The van der Waals surface area contributed by atoms with Crippen molar-refractivity contribution in [1.29, 1.82) is 0 Å². The molecule has 0 aromatic heterocycles. The van der Waals surface area contributed by atoms with Gasteiger partial charge < -0.3 is 9.80 Å². The van der Waals surface area contributed by atoms with Crippen LogP contribution in [0.15, 0.2) is 36.4 Å². The lowest BCUT2D eigenvalue weighted by atomic mass is 9.86. The predicted molar refractivity (Wildman–Crippen MR) is 125 cm³/mol. The summed E-state index contributed by atoms with van der Waals surface area (Å²) < 4.78 is 93.7. The van der Waals surface area contributed by atoms with E-state index in [-0.39, 0.29) is 17.5 Å². The van der Waals surface area contributed by atoms with Gasteiger partial charge in [0.15, 0.2) is 0 Å². The van der Waals surface area contributed by atoms with Crippen molar-refractivity contribution >= 4 is 18.7 Å². The van der Waals surface area contributed by atoms with E-state index in [4.69, 9.17) is 0 Å². The Kier molecular flexibility index (Phi) is 8.22. The molecule has 3 nitrogen and oxygen atoms in total. The highest BCUT2D eigenvalue weighted by Gasteiger charge is 2.39. The minimum atomic E-state index is -4.99. The molecule has 0 N–H and O–H groups in total. The molecule has 1 heterocycles. The van der Waals surface area contributed by atoms with Crippen molar-refractivity contribution in [2.24, 2.45) is 5.92 Å². The van der Waals surface area contributed by atoms with Crippen molar-refractivity contribution in [3.8, 4) is 0 Å². The van der Waals surface area contributed by atoms with Gasteiger partial charge in [-0.05, 0) is 85.4 Å². The molecule has 198 valence electrons. The molecular weight excluding hydrogens is 509 g/mol. The van der Waals surface area contributed by atoms with Crippen molar-refractivity contribution < 1.29 is 35.5 Å². The Morgan fingerprint density at radius 1 is 1.08 bits per heavy atom. The number of carbonyl (C=O) groups is 1. The first-order chi connectivity index (χ1) is 16.6. The van der Waals surface area contributed by atoms with E-state index < -0.39 is 47.4 Å². The average Bonchev–Trinajstić information content (AvgIpc) is 2.81. The first-order valence-electron chi connectivity index (χ1n) is 11.3. The van der Waals surface area contributed by atoms with Crippen molar-refractivity contribution in [2.75, 3.05) is 19.3 Å². The van der Waals surface area contributed by atoms with Crippen molar-refractivity contribution in [2.45, 2.75) is 51.1 Å². The lowest BCUT2D eigenvalue weighted by Crippen LogP contribution is -2.48. The summed E-state index contributed by atoms with van der Waals surface area (Å²) in [5, 5.41) is 0. The summed E-state index contributed by atoms with van der Waals surface area (Å²) in [6, 6.07) is 3.52. The number of piperidine rings is 1. The second kappa shape index (κ2) is 10.5. The monoisotopic (exact) mass is 536 g/mol. The summed E-state index contributed by atoms with van der Waals surface area (Å²) in [7, 11) is 1.35. The first kappa shape index (κ1) is 28.1. The molecule has 1 aliphatic heterocycles. The molecule has 0 spiro atoms. The van der Waals surface area contributed by atoms with Gasteiger partial charge >= 0.3 is 18.4 Å². The molecule has 1 saturated heterocycles. The van der Waals surface area contributed by atoms with E-state index in [1.165, 1.54) is 26.1 Å². The second-order valence-electron chi connectivity index (χ2n) is 9.19. The number of aryl methyl sites for hydroxylation is 1. The zero-order chi connectivity index (χ0) is 27.0. The van der Waals surface area contributed by atoms with E-state index in [2.05, 4.69) is 12.6 Å². The molecule has 11 heteroatoms. The zero-order valence-corrected chi connectivity index (χ0v) is 20.8. The number of likely N-dealkylation sites (tertiary alicyclic amines) is 1. The molecule has 2 amide bonds. The Labute approximate surface area is 210 Å². The maximum atomic E-state index is 13.7. The van der Waals surface area contributed by atoms with Crippen LogP contribution in [-0.4, -0.2) is 35.2 Å². The topological polar surface area (TPSA) is 23.6 Å². The summed E-state index contributed by atoms with van der Waals surface area (Å²) in [5.74, 6) is 0.342. The van der Waals surface area contributed by atoms with Gasteiger partial charge in [-0.3, -0.25) is 0 Å². The van der Waals surface area contributed by atoms with Gasteiger partial charge in [0.1, 0.15) is 5.82 Å². The van der Waals surface area contributed by atoms with Crippen LogP contribution in [-0.2, 0) is 12.4 Å². The van der Waals surface area contributed by atoms with Gasteiger partial charge in [0.25, 0.3) is 0 Å². The van der Waals surface area contributed by atoms with Crippen LogP contribution in [0.5, 0.6) is 0 Å². The van der Waals surface area contributed by atoms with E-state index >= 15 is 0 Å². The van der Waals surface area contributed by atoms with Crippen LogP contribution in [0.2, 0.25) is 0 Å². The van der Waals surface area contributed by atoms with Crippen LogP contribution in [0, 0.1) is 18.7 Å². The lowest BCUT2D eigenvalue weighted by Gasteiger charge is -2.43. The minimum Gasteiger partial charge on any atom is -0.321 e. The van der Waals surface area contributed by atoms with Gasteiger partial charge in [-0.15, -0.1) is 0 Å². The summed E-state index contributed by atoms with van der Waals surface area (Å²) >= 11 is 4.37. The molecule has 2 aromatic carbocycles. The molecule has 0 saturated carbocycles. The highest BCUT2D eigenvalue weighted by atomic mass is 32.1. The number of nitrogens with zero attached hydrogens (tertiary/aromatic N) is 2. The molecule has 0 unspecified atom stereocenters. The molecule has 3 atom stereocenters. The van der Waals surface area contributed by atoms with Gasteiger partial charge in [-0.2, -0.15) is 39.0 Å². The van der Waals surface area contributed by atoms with Crippen LogP contribution in [0.3, 0.4) is 0 Å².